The predicted octanol–water partition coefficient (Wildman–Crippen LogP) is 1.97. The van der Waals surface area contributed by atoms with Gasteiger partial charge < -0.3 is 0 Å². The van der Waals surface area contributed by atoms with Crippen LogP contribution >= 0.6 is 0 Å². The molecule has 0 aliphatic rings. The molecule has 2 heterocycles. The number of aromatic nitrogens is 3. The Labute approximate surface area is 99.8 Å². The SMILES string of the molecule is CC(=O)c1cnc(Cc2ccccn2)nc1C. The Morgan fingerprint density at radius 1 is 1.29 bits per heavy atom. The third kappa shape index (κ3) is 2.72. The third-order valence-electron chi connectivity index (χ3n) is 2.47. The van der Waals surface area contributed by atoms with E-state index in [4.69, 9.17) is 0 Å². The second kappa shape index (κ2) is 4.82. The van der Waals surface area contributed by atoms with Crippen molar-refractivity contribution in [2.45, 2.75) is 20.3 Å². The normalized spacial score (nSPS) is 10.2. The summed E-state index contributed by atoms with van der Waals surface area (Å²) in [7, 11) is 0. The van der Waals surface area contributed by atoms with E-state index < -0.39 is 0 Å². The van der Waals surface area contributed by atoms with Crippen LogP contribution in [0.3, 0.4) is 0 Å². The molecule has 0 amide bonds. The number of nitrogens with zero attached hydrogens (tertiary/aromatic N) is 3. The Morgan fingerprint density at radius 2 is 2.12 bits per heavy atom. The van der Waals surface area contributed by atoms with Crippen molar-refractivity contribution >= 4 is 5.78 Å². The fourth-order valence-electron chi connectivity index (χ4n) is 1.61. The van der Waals surface area contributed by atoms with E-state index in [9.17, 15) is 4.79 Å². The molecule has 0 N–H and O–H groups in total. The molecule has 0 saturated heterocycles. The number of Topliss-reactive ketones (excluding diaryl/α,β-unsaturated/α-hetero) is 1. The van der Waals surface area contributed by atoms with Crippen LogP contribution in [-0.2, 0) is 6.42 Å². The number of aryl methyl sites for hydroxylation is 1. The number of ketones is 1. The average molecular weight is 227 g/mol. The molecule has 86 valence electrons. The minimum atomic E-state index is -0.00751. The third-order valence-corrected chi connectivity index (χ3v) is 2.47. The van der Waals surface area contributed by atoms with Crippen molar-refractivity contribution in [1.82, 2.24) is 15.0 Å². The van der Waals surface area contributed by atoms with Gasteiger partial charge in [-0.2, -0.15) is 0 Å². The van der Waals surface area contributed by atoms with Crippen molar-refractivity contribution in [2.75, 3.05) is 0 Å². The van der Waals surface area contributed by atoms with Gasteiger partial charge in [-0.05, 0) is 26.0 Å². The highest BCUT2D eigenvalue weighted by Gasteiger charge is 2.07. The van der Waals surface area contributed by atoms with Crippen molar-refractivity contribution in [2.24, 2.45) is 0 Å². The molecule has 0 aliphatic heterocycles. The van der Waals surface area contributed by atoms with Gasteiger partial charge in [0.2, 0.25) is 0 Å². The van der Waals surface area contributed by atoms with Crippen LogP contribution in [-0.4, -0.2) is 20.7 Å². The first-order valence-electron chi connectivity index (χ1n) is 5.40. The summed E-state index contributed by atoms with van der Waals surface area (Å²) in [4.78, 5) is 24.0. The Bertz CT molecular complexity index is 538. The first-order valence-corrected chi connectivity index (χ1v) is 5.40. The van der Waals surface area contributed by atoms with E-state index in [-0.39, 0.29) is 5.78 Å². The quantitative estimate of drug-likeness (QED) is 0.752. The fraction of sp³-hybridized carbons (Fsp3) is 0.231. The van der Waals surface area contributed by atoms with E-state index >= 15 is 0 Å². The molecule has 0 radical (unpaired) electrons. The molecule has 0 fully saturated rings. The van der Waals surface area contributed by atoms with Crippen LogP contribution in [0.5, 0.6) is 0 Å². The highest BCUT2D eigenvalue weighted by molar-refractivity contribution is 5.94. The lowest BCUT2D eigenvalue weighted by Crippen LogP contribution is -2.05. The summed E-state index contributed by atoms with van der Waals surface area (Å²) in [5.74, 6) is 0.679. The average Bonchev–Trinajstić information content (AvgIpc) is 2.30. The van der Waals surface area contributed by atoms with Gasteiger partial charge in [0, 0.05) is 18.1 Å². The number of hydrogen-bond donors (Lipinski definition) is 0. The summed E-state index contributed by atoms with van der Waals surface area (Å²) >= 11 is 0. The van der Waals surface area contributed by atoms with Crippen molar-refractivity contribution < 1.29 is 4.79 Å². The van der Waals surface area contributed by atoms with Crippen molar-refractivity contribution in [3.8, 4) is 0 Å². The molecule has 2 aromatic rings. The zero-order chi connectivity index (χ0) is 12.3. The summed E-state index contributed by atoms with van der Waals surface area (Å²) in [6.07, 6.45) is 3.91. The van der Waals surface area contributed by atoms with Gasteiger partial charge in [-0.1, -0.05) is 6.07 Å². The van der Waals surface area contributed by atoms with E-state index in [1.54, 1.807) is 12.4 Å². The maximum absolute atomic E-state index is 11.2. The summed E-state index contributed by atoms with van der Waals surface area (Å²) < 4.78 is 0. The van der Waals surface area contributed by atoms with Crippen LogP contribution < -0.4 is 0 Å². The number of pyridine rings is 1. The van der Waals surface area contributed by atoms with E-state index in [2.05, 4.69) is 15.0 Å². The van der Waals surface area contributed by atoms with Gasteiger partial charge in [-0.3, -0.25) is 9.78 Å². The van der Waals surface area contributed by atoms with Crippen LogP contribution in [0.2, 0.25) is 0 Å². The van der Waals surface area contributed by atoms with Crippen LogP contribution in [0.1, 0.15) is 34.5 Å². The molecular formula is C13H13N3O. The second-order valence-corrected chi connectivity index (χ2v) is 3.84. The Balaban J connectivity index is 2.24. The maximum atomic E-state index is 11.2. The maximum Gasteiger partial charge on any atom is 0.163 e. The Hall–Kier alpha value is -2.10. The molecule has 0 bridgehead atoms. The lowest BCUT2D eigenvalue weighted by Gasteiger charge is -2.03. The molecule has 0 aliphatic carbocycles. The van der Waals surface area contributed by atoms with Gasteiger partial charge in [0.05, 0.1) is 17.7 Å². The molecule has 0 spiro atoms. The lowest BCUT2D eigenvalue weighted by molar-refractivity contribution is 0.101. The molecule has 17 heavy (non-hydrogen) atoms. The number of rotatable bonds is 3. The zero-order valence-corrected chi connectivity index (χ0v) is 9.84. The molecule has 0 saturated carbocycles. The van der Waals surface area contributed by atoms with Crippen molar-refractivity contribution in [1.29, 1.82) is 0 Å². The van der Waals surface area contributed by atoms with Crippen LogP contribution in [0.25, 0.3) is 0 Å². The van der Waals surface area contributed by atoms with Gasteiger partial charge >= 0.3 is 0 Å². The summed E-state index contributed by atoms with van der Waals surface area (Å²) in [5.41, 5.74) is 2.22. The van der Waals surface area contributed by atoms with Crippen molar-refractivity contribution in [3.05, 3.63) is 53.4 Å². The van der Waals surface area contributed by atoms with E-state index in [1.165, 1.54) is 6.92 Å². The topological polar surface area (TPSA) is 55.7 Å². The van der Waals surface area contributed by atoms with E-state index in [0.717, 1.165) is 11.4 Å². The molecule has 2 rings (SSSR count). The number of carbonyl (C=O) groups is 1. The minimum Gasteiger partial charge on any atom is -0.294 e. The van der Waals surface area contributed by atoms with E-state index in [0.29, 0.717) is 17.8 Å². The predicted molar refractivity (Wildman–Crippen MR) is 63.8 cm³/mol. The van der Waals surface area contributed by atoms with Gasteiger partial charge in [-0.25, -0.2) is 9.97 Å². The van der Waals surface area contributed by atoms with Gasteiger partial charge in [0.1, 0.15) is 5.82 Å². The highest BCUT2D eigenvalue weighted by atomic mass is 16.1. The van der Waals surface area contributed by atoms with Gasteiger partial charge in [-0.15, -0.1) is 0 Å². The van der Waals surface area contributed by atoms with Crippen LogP contribution in [0.15, 0.2) is 30.6 Å². The molecule has 4 heteroatoms. The monoisotopic (exact) mass is 227 g/mol. The lowest BCUT2D eigenvalue weighted by atomic mass is 10.1. The smallest absolute Gasteiger partial charge is 0.163 e. The molecule has 0 aromatic carbocycles. The van der Waals surface area contributed by atoms with E-state index in [1.807, 2.05) is 25.1 Å². The first kappa shape index (κ1) is 11.4. The fourth-order valence-corrected chi connectivity index (χ4v) is 1.61. The van der Waals surface area contributed by atoms with Crippen LogP contribution in [0, 0.1) is 6.92 Å². The van der Waals surface area contributed by atoms with Crippen molar-refractivity contribution in [3.63, 3.8) is 0 Å². The number of carbonyl (C=O) groups excluding carboxylic acids is 1. The first-order chi connectivity index (χ1) is 8.16. The zero-order valence-electron chi connectivity index (χ0n) is 9.84. The van der Waals surface area contributed by atoms with Gasteiger partial charge in [0.25, 0.3) is 0 Å². The molecule has 0 unspecified atom stereocenters. The molecular weight excluding hydrogens is 214 g/mol. The Morgan fingerprint density at radius 3 is 2.71 bits per heavy atom. The van der Waals surface area contributed by atoms with Gasteiger partial charge in [0.15, 0.2) is 5.78 Å². The standard InChI is InChI=1S/C13H13N3O/c1-9-12(10(2)17)8-15-13(16-9)7-11-5-3-4-6-14-11/h3-6,8H,7H2,1-2H3. The van der Waals surface area contributed by atoms with Crippen LogP contribution in [0.4, 0.5) is 0 Å². The largest absolute Gasteiger partial charge is 0.294 e. The molecule has 4 nitrogen and oxygen atoms in total. The minimum absolute atomic E-state index is 0.00751. The number of hydrogen-bond acceptors (Lipinski definition) is 4. The Kier molecular flexibility index (Phi) is 3.23. The second-order valence-electron chi connectivity index (χ2n) is 3.84. The molecule has 2 aromatic heterocycles. The highest BCUT2D eigenvalue weighted by Crippen LogP contribution is 2.07. The summed E-state index contributed by atoms with van der Waals surface area (Å²) in [6.45, 7) is 3.34. The summed E-state index contributed by atoms with van der Waals surface area (Å²) in [5, 5.41) is 0. The summed E-state index contributed by atoms with van der Waals surface area (Å²) in [6, 6.07) is 5.73. The molecule has 0 atom stereocenters.